The molecule has 0 atom stereocenters. The van der Waals surface area contributed by atoms with Crippen molar-refractivity contribution in [1.29, 1.82) is 0 Å². The van der Waals surface area contributed by atoms with Crippen LogP contribution < -0.4 is 10.1 Å². The highest BCUT2D eigenvalue weighted by atomic mass is 16.5. The standard InChI is InChI=1S/C15H22N2O3/c1-12-4-3-5-13(2)14(12)20-9-6-16-15(18)17-7-10-19-11-8-17/h3-5H,6-11H2,1-2H3,(H,16,18). The molecule has 5 heteroatoms. The molecule has 0 aromatic heterocycles. The Kier molecular flexibility index (Phi) is 5.24. The number of hydrogen-bond donors (Lipinski definition) is 1. The highest BCUT2D eigenvalue weighted by molar-refractivity contribution is 5.74. The van der Waals surface area contributed by atoms with Gasteiger partial charge in [-0.05, 0) is 25.0 Å². The maximum absolute atomic E-state index is 11.8. The van der Waals surface area contributed by atoms with E-state index in [2.05, 4.69) is 5.32 Å². The molecule has 0 spiro atoms. The van der Waals surface area contributed by atoms with Crippen LogP contribution in [0.3, 0.4) is 0 Å². The fourth-order valence-corrected chi connectivity index (χ4v) is 2.22. The minimum absolute atomic E-state index is 0.0431. The third-order valence-electron chi connectivity index (χ3n) is 3.33. The van der Waals surface area contributed by atoms with Gasteiger partial charge in [0.15, 0.2) is 0 Å². The summed E-state index contributed by atoms with van der Waals surface area (Å²) in [7, 11) is 0. The molecule has 0 saturated carbocycles. The molecule has 1 saturated heterocycles. The summed E-state index contributed by atoms with van der Waals surface area (Å²) < 4.78 is 11.0. The van der Waals surface area contributed by atoms with Gasteiger partial charge in [0.25, 0.3) is 0 Å². The van der Waals surface area contributed by atoms with Crippen molar-refractivity contribution in [2.45, 2.75) is 13.8 Å². The minimum Gasteiger partial charge on any atom is -0.491 e. The van der Waals surface area contributed by atoms with E-state index in [0.717, 1.165) is 16.9 Å². The predicted molar refractivity (Wildman–Crippen MR) is 77.2 cm³/mol. The van der Waals surface area contributed by atoms with Gasteiger partial charge in [-0.3, -0.25) is 0 Å². The summed E-state index contributed by atoms with van der Waals surface area (Å²) in [6.45, 7) is 7.57. The molecule has 5 nitrogen and oxygen atoms in total. The van der Waals surface area contributed by atoms with Crippen LogP contribution in [0, 0.1) is 13.8 Å². The van der Waals surface area contributed by atoms with Crippen LogP contribution >= 0.6 is 0 Å². The van der Waals surface area contributed by atoms with E-state index in [0.29, 0.717) is 39.5 Å². The number of aryl methyl sites for hydroxylation is 2. The van der Waals surface area contributed by atoms with Crippen LogP contribution in [0.15, 0.2) is 18.2 Å². The lowest BCUT2D eigenvalue weighted by molar-refractivity contribution is 0.0530. The topological polar surface area (TPSA) is 50.8 Å². The molecule has 1 aliphatic heterocycles. The summed E-state index contributed by atoms with van der Waals surface area (Å²) in [5.41, 5.74) is 2.23. The second kappa shape index (κ2) is 7.14. The van der Waals surface area contributed by atoms with Gasteiger partial charge in [-0.15, -0.1) is 0 Å². The second-order valence-electron chi connectivity index (χ2n) is 4.90. The number of carbonyl (C=O) groups is 1. The summed E-state index contributed by atoms with van der Waals surface area (Å²) in [5, 5.41) is 2.87. The first kappa shape index (κ1) is 14.7. The molecule has 0 unspecified atom stereocenters. The van der Waals surface area contributed by atoms with Crippen molar-refractivity contribution < 1.29 is 14.3 Å². The Bertz CT molecular complexity index is 436. The highest BCUT2D eigenvalue weighted by Gasteiger charge is 2.15. The number of benzene rings is 1. The molecular formula is C15H22N2O3. The molecule has 2 amide bonds. The van der Waals surface area contributed by atoms with Crippen molar-refractivity contribution >= 4 is 6.03 Å². The molecule has 1 N–H and O–H groups in total. The van der Waals surface area contributed by atoms with E-state index < -0.39 is 0 Å². The van der Waals surface area contributed by atoms with Crippen LogP contribution in [0.25, 0.3) is 0 Å². The van der Waals surface area contributed by atoms with Crippen molar-refractivity contribution in [1.82, 2.24) is 10.2 Å². The maximum Gasteiger partial charge on any atom is 0.317 e. The Labute approximate surface area is 119 Å². The number of para-hydroxylation sites is 1. The quantitative estimate of drug-likeness (QED) is 0.853. The van der Waals surface area contributed by atoms with Crippen molar-refractivity contribution in [2.24, 2.45) is 0 Å². The summed E-state index contributed by atoms with van der Waals surface area (Å²) >= 11 is 0. The second-order valence-corrected chi connectivity index (χ2v) is 4.90. The average Bonchev–Trinajstić information content (AvgIpc) is 2.46. The third kappa shape index (κ3) is 3.87. The SMILES string of the molecule is Cc1cccc(C)c1OCCNC(=O)N1CCOCC1. The number of rotatable bonds is 4. The Morgan fingerprint density at radius 2 is 1.95 bits per heavy atom. The Balaban J connectivity index is 1.72. The summed E-state index contributed by atoms with van der Waals surface area (Å²) in [5.74, 6) is 0.910. The normalized spacial score (nSPS) is 15.0. The van der Waals surface area contributed by atoms with E-state index in [1.807, 2.05) is 32.0 Å². The zero-order valence-corrected chi connectivity index (χ0v) is 12.1. The van der Waals surface area contributed by atoms with Gasteiger partial charge in [0, 0.05) is 13.1 Å². The molecule has 110 valence electrons. The molecular weight excluding hydrogens is 256 g/mol. The van der Waals surface area contributed by atoms with Gasteiger partial charge < -0.3 is 19.7 Å². The number of nitrogens with zero attached hydrogens (tertiary/aromatic N) is 1. The first-order valence-corrected chi connectivity index (χ1v) is 6.98. The summed E-state index contributed by atoms with van der Waals surface area (Å²) in [6, 6.07) is 6.01. The van der Waals surface area contributed by atoms with Crippen LogP contribution in [-0.2, 0) is 4.74 Å². The molecule has 1 aromatic carbocycles. The van der Waals surface area contributed by atoms with E-state index in [-0.39, 0.29) is 6.03 Å². The van der Waals surface area contributed by atoms with Crippen LogP contribution in [0.1, 0.15) is 11.1 Å². The Morgan fingerprint density at radius 1 is 1.30 bits per heavy atom. The fourth-order valence-electron chi connectivity index (χ4n) is 2.22. The van der Waals surface area contributed by atoms with Crippen molar-refractivity contribution in [3.05, 3.63) is 29.3 Å². The van der Waals surface area contributed by atoms with Gasteiger partial charge in [-0.2, -0.15) is 0 Å². The molecule has 1 aliphatic rings. The number of urea groups is 1. The number of ether oxygens (including phenoxy) is 2. The molecule has 0 radical (unpaired) electrons. The van der Waals surface area contributed by atoms with Gasteiger partial charge in [0.2, 0.25) is 0 Å². The molecule has 2 rings (SSSR count). The Morgan fingerprint density at radius 3 is 2.60 bits per heavy atom. The van der Waals surface area contributed by atoms with Gasteiger partial charge in [-0.25, -0.2) is 4.79 Å². The molecule has 1 heterocycles. The number of carbonyl (C=O) groups excluding carboxylic acids is 1. The largest absolute Gasteiger partial charge is 0.491 e. The average molecular weight is 278 g/mol. The van der Waals surface area contributed by atoms with Gasteiger partial charge in [0.1, 0.15) is 12.4 Å². The summed E-state index contributed by atoms with van der Waals surface area (Å²) in [6.07, 6.45) is 0. The van der Waals surface area contributed by atoms with Crippen LogP contribution in [-0.4, -0.2) is 50.4 Å². The fraction of sp³-hybridized carbons (Fsp3) is 0.533. The highest BCUT2D eigenvalue weighted by Crippen LogP contribution is 2.21. The van der Waals surface area contributed by atoms with E-state index in [1.165, 1.54) is 0 Å². The predicted octanol–water partition coefficient (Wildman–Crippen LogP) is 1.72. The number of morpholine rings is 1. The zero-order valence-electron chi connectivity index (χ0n) is 12.1. The monoisotopic (exact) mass is 278 g/mol. The lowest BCUT2D eigenvalue weighted by atomic mass is 10.1. The summed E-state index contributed by atoms with van der Waals surface area (Å²) in [4.78, 5) is 13.6. The van der Waals surface area contributed by atoms with Crippen molar-refractivity contribution in [3.8, 4) is 5.75 Å². The molecule has 1 fully saturated rings. The number of hydrogen-bond acceptors (Lipinski definition) is 3. The zero-order chi connectivity index (χ0) is 14.4. The lowest BCUT2D eigenvalue weighted by Crippen LogP contribution is -2.47. The molecule has 1 aromatic rings. The number of nitrogens with one attached hydrogen (secondary N) is 1. The first-order valence-electron chi connectivity index (χ1n) is 6.98. The molecule has 0 bridgehead atoms. The van der Waals surface area contributed by atoms with Gasteiger partial charge >= 0.3 is 6.03 Å². The van der Waals surface area contributed by atoms with E-state index in [4.69, 9.17) is 9.47 Å². The van der Waals surface area contributed by atoms with Crippen molar-refractivity contribution in [2.75, 3.05) is 39.5 Å². The molecule has 20 heavy (non-hydrogen) atoms. The van der Waals surface area contributed by atoms with Crippen molar-refractivity contribution in [3.63, 3.8) is 0 Å². The van der Waals surface area contributed by atoms with E-state index in [9.17, 15) is 4.79 Å². The van der Waals surface area contributed by atoms with E-state index >= 15 is 0 Å². The lowest BCUT2D eigenvalue weighted by Gasteiger charge is -2.26. The van der Waals surface area contributed by atoms with Crippen LogP contribution in [0.2, 0.25) is 0 Å². The van der Waals surface area contributed by atoms with E-state index in [1.54, 1.807) is 4.90 Å². The van der Waals surface area contributed by atoms with Crippen LogP contribution in [0.4, 0.5) is 4.79 Å². The smallest absolute Gasteiger partial charge is 0.317 e. The van der Waals surface area contributed by atoms with Gasteiger partial charge in [0.05, 0.1) is 19.8 Å². The third-order valence-corrected chi connectivity index (χ3v) is 3.33. The minimum atomic E-state index is -0.0431. The van der Waals surface area contributed by atoms with Gasteiger partial charge in [-0.1, -0.05) is 18.2 Å². The molecule has 0 aliphatic carbocycles. The number of amides is 2. The Hall–Kier alpha value is -1.75. The van der Waals surface area contributed by atoms with Crippen LogP contribution in [0.5, 0.6) is 5.75 Å². The maximum atomic E-state index is 11.8. The first-order chi connectivity index (χ1) is 9.68.